The van der Waals surface area contributed by atoms with Crippen LogP contribution in [0.25, 0.3) is 5.65 Å². The van der Waals surface area contributed by atoms with Crippen molar-refractivity contribution in [3.05, 3.63) is 40.3 Å². The second kappa shape index (κ2) is 6.38. The molecule has 0 saturated carbocycles. The van der Waals surface area contributed by atoms with Gasteiger partial charge in [0, 0.05) is 5.57 Å². The zero-order valence-corrected chi connectivity index (χ0v) is 14.9. The Kier molecular flexibility index (Phi) is 4.63. The van der Waals surface area contributed by atoms with Crippen molar-refractivity contribution in [1.29, 1.82) is 0 Å². The van der Waals surface area contributed by atoms with Gasteiger partial charge in [-0.25, -0.2) is 14.3 Å². The fraction of sp³-hybridized carbons (Fsp3) is 0.286. The molecule has 12 heteroatoms. The summed E-state index contributed by atoms with van der Waals surface area (Å²) >= 11 is 7.88. The summed E-state index contributed by atoms with van der Waals surface area (Å²) in [6.07, 6.45) is -3.57. The van der Waals surface area contributed by atoms with Crippen molar-refractivity contribution in [2.24, 2.45) is 0 Å². The molecule has 3 heterocycles. The Hall–Kier alpha value is -1.88. The molecule has 0 saturated heterocycles. The smallest absolute Gasteiger partial charge is 0.222 e. The number of fused-ring (bicyclic) bond motifs is 1. The summed E-state index contributed by atoms with van der Waals surface area (Å²) in [4.78, 5) is 12.2. The number of hydrogen-bond donors (Lipinski definition) is 0. The van der Waals surface area contributed by atoms with E-state index in [1.165, 1.54) is 12.1 Å². The molecule has 1 aliphatic rings. The lowest BCUT2D eigenvalue weighted by Gasteiger charge is -2.05. The van der Waals surface area contributed by atoms with Crippen molar-refractivity contribution in [2.75, 3.05) is 0 Å². The number of halogens is 7. The minimum absolute atomic E-state index is 0.0229. The lowest BCUT2D eigenvalue weighted by Crippen LogP contribution is -2.20. The highest BCUT2D eigenvalue weighted by molar-refractivity contribution is 9.10. The third-order valence-electron chi connectivity index (χ3n) is 3.44. The van der Waals surface area contributed by atoms with Gasteiger partial charge in [0.05, 0.1) is 12.5 Å². The number of carbonyl (C=O) groups is 1. The first kappa shape index (κ1) is 18.9. The van der Waals surface area contributed by atoms with Crippen molar-refractivity contribution in [1.82, 2.24) is 14.6 Å². The highest BCUT2D eigenvalue weighted by Gasteiger charge is 2.41. The lowest BCUT2D eigenvalue weighted by atomic mass is 10.2. The van der Waals surface area contributed by atoms with E-state index in [1.54, 1.807) is 0 Å². The van der Waals surface area contributed by atoms with E-state index in [2.05, 4.69) is 26.0 Å². The molecule has 5 nitrogen and oxygen atoms in total. The highest BCUT2D eigenvalue weighted by Crippen LogP contribution is 2.33. The van der Waals surface area contributed by atoms with E-state index >= 15 is 0 Å². The first-order chi connectivity index (χ1) is 11.9. The lowest BCUT2D eigenvalue weighted by molar-refractivity contribution is -0.453. The summed E-state index contributed by atoms with van der Waals surface area (Å²) in [6, 6.07) is 2.53. The van der Waals surface area contributed by atoms with Crippen LogP contribution in [-0.4, -0.2) is 36.1 Å². The Morgan fingerprint density at radius 3 is 2.54 bits per heavy atom. The van der Waals surface area contributed by atoms with Crippen LogP contribution >= 0.6 is 27.5 Å². The predicted molar refractivity (Wildman–Crippen MR) is 84.6 cm³/mol. The van der Waals surface area contributed by atoms with Crippen molar-refractivity contribution >= 4 is 45.3 Å². The molecule has 0 bridgehead atoms. The van der Waals surface area contributed by atoms with E-state index in [4.69, 9.17) is 11.6 Å². The molecule has 0 aliphatic carbocycles. The third kappa shape index (κ3) is 3.93. The van der Waals surface area contributed by atoms with E-state index in [0.29, 0.717) is 0 Å². The van der Waals surface area contributed by atoms with Crippen molar-refractivity contribution in [3.63, 3.8) is 0 Å². The van der Waals surface area contributed by atoms with E-state index in [-0.39, 0.29) is 16.4 Å². The molecule has 1 aliphatic heterocycles. The van der Waals surface area contributed by atoms with Crippen LogP contribution in [0.1, 0.15) is 17.8 Å². The molecule has 0 aromatic carbocycles. The number of imidazole rings is 1. The van der Waals surface area contributed by atoms with E-state index in [9.17, 15) is 26.7 Å². The second-order valence-corrected chi connectivity index (χ2v) is 6.98. The monoisotopic (exact) mass is 457 g/mol. The van der Waals surface area contributed by atoms with Gasteiger partial charge in [0.15, 0.2) is 24.1 Å². The van der Waals surface area contributed by atoms with E-state index in [0.717, 1.165) is 21.4 Å². The number of nitrogens with zero attached hydrogens (tertiary/aromatic N) is 4. The first-order valence-corrected chi connectivity index (χ1v) is 8.15. The van der Waals surface area contributed by atoms with Gasteiger partial charge in [0.25, 0.3) is 0 Å². The first-order valence-electron chi connectivity index (χ1n) is 6.98. The summed E-state index contributed by atoms with van der Waals surface area (Å²) in [5.41, 5.74) is -1.79. The molecule has 2 aromatic heterocycles. The van der Waals surface area contributed by atoms with Gasteiger partial charge in [-0.1, -0.05) is 11.6 Å². The van der Waals surface area contributed by atoms with Crippen LogP contribution in [0.3, 0.4) is 0 Å². The summed E-state index contributed by atoms with van der Waals surface area (Å²) in [7, 11) is 0. The summed E-state index contributed by atoms with van der Waals surface area (Å²) in [6.45, 7) is -0.559. The van der Waals surface area contributed by atoms with Gasteiger partial charge in [-0.05, 0) is 28.1 Å². The topological polar surface area (TPSA) is 50.3 Å². The van der Waals surface area contributed by atoms with Gasteiger partial charge >= 0.3 is 16.9 Å². The number of rotatable bonds is 4. The Bertz CT molecular complexity index is 961. The number of amides is 1. The molecule has 138 valence electrons. The molecule has 1 amide bonds. The van der Waals surface area contributed by atoms with Crippen LogP contribution in [0.15, 0.2) is 23.8 Å². The molecular weight excluding hydrogens is 451 g/mol. The fourth-order valence-corrected chi connectivity index (χ4v) is 2.94. The molecule has 0 atom stereocenters. The Morgan fingerprint density at radius 2 is 1.92 bits per heavy atom. The van der Waals surface area contributed by atoms with E-state index in [1.807, 2.05) is 0 Å². The number of aromatic nitrogens is 3. The SMILES string of the molecule is O=C1C=C(CC(F)(F)Br)C=[N+]1Cc1c(C(F)(F)F)nc2ccc(Cl)nn12. The largest absolute Gasteiger partial charge is 0.435 e. The van der Waals surface area contributed by atoms with Gasteiger partial charge in [0.1, 0.15) is 10.8 Å². The quantitative estimate of drug-likeness (QED) is 0.398. The predicted octanol–water partition coefficient (Wildman–Crippen LogP) is 3.83. The Labute approximate surface area is 155 Å². The van der Waals surface area contributed by atoms with Crippen LogP contribution < -0.4 is 0 Å². The molecule has 2 aromatic rings. The maximum absolute atomic E-state index is 13.3. The van der Waals surface area contributed by atoms with Crippen molar-refractivity contribution in [2.45, 2.75) is 24.0 Å². The number of carbonyl (C=O) groups excluding carboxylic acids is 1. The molecule has 0 unspecified atom stereocenters. The Balaban J connectivity index is 2.02. The van der Waals surface area contributed by atoms with Crippen LogP contribution in [0.5, 0.6) is 0 Å². The highest BCUT2D eigenvalue weighted by atomic mass is 79.9. The molecule has 0 spiro atoms. The van der Waals surface area contributed by atoms with Gasteiger partial charge < -0.3 is 0 Å². The minimum Gasteiger partial charge on any atom is -0.222 e. The van der Waals surface area contributed by atoms with Gasteiger partial charge in [-0.15, -0.1) is 0 Å². The average Bonchev–Trinajstić information content (AvgIpc) is 2.98. The second-order valence-electron chi connectivity index (χ2n) is 5.44. The third-order valence-corrected chi connectivity index (χ3v) is 3.93. The summed E-state index contributed by atoms with van der Waals surface area (Å²) < 4.78 is 67.7. The molecule has 3 rings (SSSR count). The normalized spacial score (nSPS) is 15.6. The van der Waals surface area contributed by atoms with Crippen molar-refractivity contribution in [3.8, 4) is 0 Å². The maximum Gasteiger partial charge on any atom is 0.435 e. The average molecular weight is 459 g/mol. The zero-order chi connectivity index (χ0) is 19.3. The number of allylic oxidation sites excluding steroid dienone is 1. The molecule has 26 heavy (non-hydrogen) atoms. The van der Waals surface area contributed by atoms with Gasteiger partial charge in [-0.3, -0.25) is 0 Å². The summed E-state index contributed by atoms with van der Waals surface area (Å²) in [5.74, 6) is -0.721. The standard InChI is InChI=1S/C14H8BrClF5N4O/c15-13(17,18)4-7-3-11(26)24(5-7)6-8-12(14(19,20)21)22-10-2-1-9(16)23-25(8)10/h1-3,5H,4,6H2/q+1. The van der Waals surface area contributed by atoms with Gasteiger partial charge in [0.2, 0.25) is 0 Å². The number of alkyl halides is 6. The van der Waals surface area contributed by atoms with Crippen molar-refractivity contribution < 1.29 is 31.3 Å². The minimum atomic E-state index is -4.79. The molecule has 0 N–H and O–H groups in total. The van der Waals surface area contributed by atoms with E-state index < -0.39 is 41.3 Å². The fourth-order valence-electron chi connectivity index (χ4n) is 2.48. The number of hydrogen-bond acceptors (Lipinski definition) is 3. The molecule has 0 radical (unpaired) electrons. The van der Waals surface area contributed by atoms with Crippen LogP contribution in [0.2, 0.25) is 5.15 Å². The summed E-state index contributed by atoms with van der Waals surface area (Å²) in [5, 5.41) is 3.71. The molecular formula is C14H8BrClF5N4O+. The molecule has 0 fully saturated rings. The maximum atomic E-state index is 13.3. The van der Waals surface area contributed by atoms with Crippen LogP contribution in [-0.2, 0) is 17.5 Å². The zero-order valence-electron chi connectivity index (χ0n) is 12.6. The van der Waals surface area contributed by atoms with Crippen LogP contribution in [0.4, 0.5) is 22.0 Å². The Morgan fingerprint density at radius 1 is 1.23 bits per heavy atom. The van der Waals surface area contributed by atoms with Crippen LogP contribution in [0, 0.1) is 0 Å². The van der Waals surface area contributed by atoms with Gasteiger partial charge in [-0.2, -0.15) is 31.6 Å².